The molecular weight excluding hydrogens is 282 g/mol. The van der Waals surface area contributed by atoms with Gasteiger partial charge in [-0.25, -0.2) is 0 Å². The number of hydrogen-bond acceptors (Lipinski definition) is 4. The number of nitrogens with one attached hydrogen (secondary N) is 1. The second kappa shape index (κ2) is 6.13. The summed E-state index contributed by atoms with van der Waals surface area (Å²) < 4.78 is 16.3. The molecule has 1 aliphatic rings. The van der Waals surface area contributed by atoms with Crippen molar-refractivity contribution in [3.05, 3.63) is 47.9 Å². The summed E-state index contributed by atoms with van der Waals surface area (Å²) in [5.41, 5.74) is 0.985. The largest absolute Gasteiger partial charge is 0.486 e. The van der Waals surface area contributed by atoms with Gasteiger partial charge in [-0.3, -0.25) is 4.79 Å². The molecule has 0 bridgehead atoms. The van der Waals surface area contributed by atoms with Crippen molar-refractivity contribution in [3.8, 4) is 11.5 Å². The summed E-state index contributed by atoms with van der Waals surface area (Å²) in [7, 11) is 0. The minimum absolute atomic E-state index is 0.131. The van der Waals surface area contributed by atoms with Crippen molar-refractivity contribution in [1.29, 1.82) is 0 Å². The third-order valence-corrected chi connectivity index (χ3v) is 3.62. The van der Waals surface area contributed by atoms with Crippen LogP contribution in [0, 0.1) is 5.92 Å². The maximum atomic E-state index is 12.2. The van der Waals surface area contributed by atoms with Crippen LogP contribution in [-0.2, 0) is 0 Å². The highest BCUT2D eigenvalue weighted by Crippen LogP contribution is 2.34. The summed E-state index contributed by atoms with van der Waals surface area (Å²) in [6.45, 7) is 5.23. The van der Waals surface area contributed by atoms with E-state index in [9.17, 15) is 4.79 Å². The molecule has 2 aromatic rings. The van der Waals surface area contributed by atoms with Crippen LogP contribution in [0.3, 0.4) is 0 Å². The fourth-order valence-electron chi connectivity index (χ4n) is 2.51. The van der Waals surface area contributed by atoms with Crippen molar-refractivity contribution in [2.24, 2.45) is 5.92 Å². The van der Waals surface area contributed by atoms with Gasteiger partial charge in [-0.1, -0.05) is 19.9 Å². The lowest BCUT2D eigenvalue weighted by Crippen LogP contribution is -2.31. The Kier molecular flexibility index (Phi) is 4.04. The van der Waals surface area contributed by atoms with Crippen LogP contribution in [0.4, 0.5) is 0 Å². The topological polar surface area (TPSA) is 60.7 Å². The SMILES string of the molecule is CC(C)[C@H](NC(=O)c1ccco1)c1ccc2c(c1)OCCO2. The van der Waals surface area contributed by atoms with Gasteiger partial charge in [0.15, 0.2) is 17.3 Å². The van der Waals surface area contributed by atoms with Crippen molar-refractivity contribution in [2.45, 2.75) is 19.9 Å². The predicted molar refractivity (Wildman–Crippen MR) is 81.2 cm³/mol. The molecule has 3 rings (SSSR count). The zero-order valence-corrected chi connectivity index (χ0v) is 12.7. The first-order valence-corrected chi connectivity index (χ1v) is 7.39. The highest BCUT2D eigenvalue weighted by Gasteiger charge is 2.22. The lowest BCUT2D eigenvalue weighted by atomic mass is 9.95. The molecule has 0 radical (unpaired) electrons. The van der Waals surface area contributed by atoms with Crippen molar-refractivity contribution in [2.75, 3.05) is 13.2 Å². The van der Waals surface area contributed by atoms with Crippen LogP contribution in [-0.4, -0.2) is 19.1 Å². The number of ether oxygens (including phenoxy) is 2. The fourth-order valence-corrected chi connectivity index (χ4v) is 2.51. The first-order valence-electron chi connectivity index (χ1n) is 7.39. The van der Waals surface area contributed by atoms with Crippen LogP contribution < -0.4 is 14.8 Å². The Bertz CT molecular complexity index is 649. The Morgan fingerprint density at radius 2 is 1.91 bits per heavy atom. The minimum atomic E-state index is -0.224. The zero-order chi connectivity index (χ0) is 15.5. The summed E-state index contributed by atoms with van der Waals surface area (Å²) in [5.74, 6) is 1.78. The monoisotopic (exact) mass is 301 g/mol. The summed E-state index contributed by atoms with van der Waals surface area (Å²) in [6, 6.07) is 8.99. The van der Waals surface area contributed by atoms with Crippen molar-refractivity contribution < 1.29 is 18.7 Å². The molecule has 0 saturated heterocycles. The maximum Gasteiger partial charge on any atom is 0.287 e. The number of carbonyl (C=O) groups is 1. The Balaban J connectivity index is 1.83. The van der Waals surface area contributed by atoms with E-state index >= 15 is 0 Å². The molecule has 0 fully saturated rings. The molecule has 2 heterocycles. The molecule has 0 unspecified atom stereocenters. The van der Waals surface area contributed by atoms with Gasteiger partial charge in [-0.05, 0) is 35.7 Å². The standard InChI is InChI=1S/C17H19NO4/c1-11(2)16(18-17(19)14-4-3-7-20-14)12-5-6-13-15(10-12)22-9-8-21-13/h3-7,10-11,16H,8-9H2,1-2H3,(H,18,19)/t16-/m0/s1. The van der Waals surface area contributed by atoms with Crippen LogP contribution in [0.1, 0.15) is 36.0 Å². The molecule has 0 saturated carbocycles. The zero-order valence-electron chi connectivity index (χ0n) is 12.7. The van der Waals surface area contributed by atoms with Gasteiger partial charge in [0.05, 0.1) is 12.3 Å². The number of benzene rings is 1. The second-order valence-electron chi connectivity index (χ2n) is 5.58. The molecule has 0 aliphatic carbocycles. The molecule has 5 heteroatoms. The van der Waals surface area contributed by atoms with E-state index in [1.807, 2.05) is 18.2 Å². The number of carbonyl (C=O) groups excluding carboxylic acids is 1. The smallest absolute Gasteiger partial charge is 0.287 e. The van der Waals surface area contributed by atoms with Crippen molar-refractivity contribution in [1.82, 2.24) is 5.32 Å². The summed E-state index contributed by atoms with van der Waals surface area (Å²) in [5, 5.41) is 3.01. The number of hydrogen-bond donors (Lipinski definition) is 1. The fraction of sp³-hybridized carbons (Fsp3) is 0.353. The molecular formula is C17H19NO4. The summed E-state index contributed by atoms with van der Waals surface area (Å²) >= 11 is 0. The van der Waals surface area contributed by atoms with E-state index in [1.54, 1.807) is 12.1 Å². The second-order valence-corrected chi connectivity index (χ2v) is 5.58. The van der Waals surface area contributed by atoms with Gasteiger partial charge >= 0.3 is 0 Å². The number of fused-ring (bicyclic) bond motifs is 1. The normalized spacial score (nSPS) is 14.7. The van der Waals surface area contributed by atoms with E-state index in [0.717, 1.165) is 17.1 Å². The minimum Gasteiger partial charge on any atom is -0.486 e. The number of amides is 1. The molecule has 1 aromatic carbocycles. The van der Waals surface area contributed by atoms with Gasteiger partial charge in [-0.2, -0.15) is 0 Å². The number of rotatable bonds is 4. The van der Waals surface area contributed by atoms with E-state index in [2.05, 4.69) is 19.2 Å². The average molecular weight is 301 g/mol. The first kappa shape index (κ1) is 14.5. The van der Waals surface area contributed by atoms with Gasteiger partial charge in [0.2, 0.25) is 0 Å². The highest BCUT2D eigenvalue weighted by atomic mass is 16.6. The van der Waals surface area contributed by atoms with E-state index in [1.165, 1.54) is 6.26 Å². The highest BCUT2D eigenvalue weighted by molar-refractivity contribution is 5.91. The van der Waals surface area contributed by atoms with E-state index in [-0.39, 0.29) is 17.9 Å². The maximum absolute atomic E-state index is 12.2. The van der Waals surface area contributed by atoms with Crippen LogP contribution >= 0.6 is 0 Å². The van der Waals surface area contributed by atoms with E-state index in [0.29, 0.717) is 19.0 Å². The van der Waals surface area contributed by atoms with Crippen molar-refractivity contribution >= 4 is 5.91 Å². The third kappa shape index (κ3) is 2.93. The van der Waals surface area contributed by atoms with E-state index in [4.69, 9.17) is 13.9 Å². The average Bonchev–Trinajstić information content (AvgIpc) is 3.06. The Morgan fingerprint density at radius 3 is 2.59 bits per heavy atom. The number of furan rings is 1. The Morgan fingerprint density at radius 1 is 1.14 bits per heavy atom. The van der Waals surface area contributed by atoms with Crippen molar-refractivity contribution in [3.63, 3.8) is 0 Å². The molecule has 1 aromatic heterocycles. The molecule has 22 heavy (non-hydrogen) atoms. The molecule has 5 nitrogen and oxygen atoms in total. The molecule has 1 N–H and O–H groups in total. The van der Waals surface area contributed by atoms with Gasteiger partial charge in [0.25, 0.3) is 5.91 Å². The van der Waals surface area contributed by atoms with Gasteiger partial charge < -0.3 is 19.2 Å². The summed E-state index contributed by atoms with van der Waals surface area (Å²) in [6.07, 6.45) is 1.49. The lowest BCUT2D eigenvalue weighted by molar-refractivity contribution is 0.0897. The predicted octanol–water partition coefficient (Wildman–Crippen LogP) is 3.18. The first-order chi connectivity index (χ1) is 10.6. The molecule has 1 aliphatic heterocycles. The Hall–Kier alpha value is -2.43. The lowest BCUT2D eigenvalue weighted by Gasteiger charge is -2.25. The van der Waals surface area contributed by atoms with Crippen LogP contribution in [0.5, 0.6) is 11.5 Å². The molecule has 1 atom stereocenters. The molecule has 1 amide bonds. The van der Waals surface area contributed by atoms with Crippen LogP contribution in [0.15, 0.2) is 41.0 Å². The van der Waals surface area contributed by atoms with Gasteiger partial charge in [0.1, 0.15) is 13.2 Å². The van der Waals surface area contributed by atoms with Crippen LogP contribution in [0.25, 0.3) is 0 Å². The van der Waals surface area contributed by atoms with Gasteiger partial charge in [0, 0.05) is 0 Å². The Labute approximate surface area is 129 Å². The quantitative estimate of drug-likeness (QED) is 0.942. The van der Waals surface area contributed by atoms with Gasteiger partial charge in [-0.15, -0.1) is 0 Å². The third-order valence-electron chi connectivity index (χ3n) is 3.62. The molecule has 0 spiro atoms. The van der Waals surface area contributed by atoms with Crippen LogP contribution in [0.2, 0.25) is 0 Å². The summed E-state index contributed by atoms with van der Waals surface area (Å²) in [4.78, 5) is 12.2. The van der Waals surface area contributed by atoms with E-state index < -0.39 is 0 Å². The molecule has 116 valence electrons.